The second-order valence-corrected chi connectivity index (χ2v) is 12.9. The van der Waals surface area contributed by atoms with Crippen LogP contribution in [0.5, 0.6) is 0 Å². The minimum Gasteiger partial charge on any atom is -0.444 e. The fraction of sp³-hybridized carbons (Fsp3) is 0.559. The van der Waals surface area contributed by atoms with Gasteiger partial charge in [-0.1, -0.05) is 29.8 Å². The maximum atomic E-state index is 14.2. The number of nitrogens with zero attached hydrogens (tertiary/aromatic N) is 3. The Bertz CT molecular complexity index is 1460. The number of hydrogen-bond acceptors (Lipinski definition) is 6. The monoisotopic (exact) mass is 698 g/mol. The van der Waals surface area contributed by atoms with Crippen LogP contribution in [0.2, 0.25) is 0 Å². The van der Waals surface area contributed by atoms with Crippen LogP contribution < -0.4 is 5.73 Å². The van der Waals surface area contributed by atoms with E-state index in [1.165, 1.54) is 9.80 Å². The molecule has 3 fully saturated rings. The molecule has 268 valence electrons. The minimum absolute atomic E-state index is 0.00160. The predicted octanol–water partition coefficient (Wildman–Crippen LogP) is 5.52. The number of halogens is 6. The molecule has 3 saturated heterocycles. The smallest absolute Gasteiger partial charge is 0.416 e. The van der Waals surface area contributed by atoms with Crippen molar-refractivity contribution in [2.45, 2.75) is 82.7 Å². The highest BCUT2D eigenvalue weighted by atomic mass is 19.4. The summed E-state index contributed by atoms with van der Waals surface area (Å²) in [6, 6.07) is 7.56. The number of carbonyl (C=O) groups is 3. The second-order valence-electron chi connectivity index (χ2n) is 12.9. The van der Waals surface area contributed by atoms with Gasteiger partial charge in [0.25, 0.3) is 0 Å². The van der Waals surface area contributed by atoms with E-state index < -0.39 is 59.9 Å². The van der Waals surface area contributed by atoms with Crippen LogP contribution in [0, 0.1) is 12.8 Å². The molecule has 3 aliphatic heterocycles. The lowest BCUT2D eigenvalue weighted by molar-refractivity contribution is -0.174. The van der Waals surface area contributed by atoms with Crippen molar-refractivity contribution >= 4 is 17.9 Å². The summed E-state index contributed by atoms with van der Waals surface area (Å²) < 4.78 is 92.1. The first-order chi connectivity index (χ1) is 23.2. The van der Waals surface area contributed by atoms with E-state index in [-0.39, 0.29) is 56.5 Å². The van der Waals surface area contributed by atoms with Crippen molar-refractivity contribution in [1.29, 1.82) is 0 Å². The molecule has 0 saturated carbocycles. The van der Waals surface area contributed by atoms with E-state index in [1.807, 2.05) is 31.2 Å². The molecule has 9 nitrogen and oxygen atoms in total. The molecule has 0 aromatic heterocycles. The Morgan fingerprint density at radius 2 is 1.61 bits per heavy atom. The van der Waals surface area contributed by atoms with Gasteiger partial charge in [0.2, 0.25) is 11.8 Å². The Morgan fingerprint density at radius 1 is 0.939 bits per heavy atom. The number of rotatable bonds is 10. The molecule has 15 heteroatoms. The molecule has 1 unspecified atom stereocenters. The molecule has 2 aromatic rings. The van der Waals surface area contributed by atoms with Gasteiger partial charge in [-0.15, -0.1) is 0 Å². The molecule has 2 N–H and O–H groups in total. The normalized spacial score (nSPS) is 23.2. The number of aryl methyl sites for hydroxylation is 1. The maximum Gasteiger partial charge on any atom is 0.416 e. The number of amides is 3. The van der Waals surface area contributed by atoms with Gasteiger partial charge in [-0.05, 0) is 81.3 Å². The summed E-state index contributed by atoms with van der Waals surface area (Å²) in [5, 5.41) is 0. The van der Waals surface area contributed by atoms with Crippen LogP contribution in [0.4, 0.5) is 31.1 Å². The summed E-state index contributed by atoms with van der Waals surface area (Å²) in [6.45, 7) is 1.98. The summed E-state index contributed by atoms with van der Waals surface area (Å²) in [4.78, 5) is 46.2. The van der Waals surface area contributed by atoms with E-state index in [0.717, 1.165) is 24.0 Å². The van der Waals surface area contributed by atoms with Crippen molar-refractivity contribution in [3.05, 3.63) is 70.3 Å². The fourth-order valence-electron chi connectivity index (χ4n) is 6.74. The molecule has 5 rings (SSSR count). The van der Waals surface area contributed by atoms with Crippen LogP contribution in [0.3, 0.4) is 0 Å². The van der Waals surface area contributed by atoms with E-state index in [2.05, 4.69) is 0 Å². The molecule has 3 aliphatic rings. The average Bonchev–Trinajstić information content (AvgIpc) is 3.56. The zero-order chi connectivity index (χ0) is 35.5. The number of alkyl halides is 6. The van der Waals surface area contributed by atoms with Crippen LogP contribution in [0.15, 0.2) is 42.5 Å². The molecule has 0 spiro atoms. The number of unbranched alkanes of at least 4 members (excludes halogenated alkanes) is 1. The van der Waals surface area contributed by atoms with E-state index in [4.69, 9.17) is 15.2 Å². The number of benzene rings is 2. The van der Waals surface area contributed by atoms with Crippen LogP contribution in [0.25, 0.3) is 0 Å². The minimum atomic E-state index is -5.07. The predicted molar refractivity (Wildman–Crippen MR) is 165 cm³/mol. The van der Waals surface area contributed by atoms with E-state index in [9.17, 15) is 40.7 Å². The fourth-order valence-corrected chi connectivity index (χ4v) is 6.74. The average molecular weight is 699 g/mol. The van der Waals surface area contributed by atoms with Gasteiger partial charge in [0, 0.05) is 19.7 Å². The summed E-state index contributed by atoms with van der Waals surface area (Å²) in [7, 11) is 0. The summed E-state index contributed by atoms with van der Waals surface area (Å²) >= 11 is 0. The molecule has 0 bridgehead atoms. The van der Waals surface area contributed by atoms with Crippen LogP contribution >= 0.6 is 0 Å². The Kier molecular flexibility index (Phi) is 11.1. The van der Waals surface area contributed by atoms with Crippen molar-refractivity contribution in [2.75, 3.05) is 32.8 Å². The lowest BCUT2D eigenvalue weighted by Crippen LogP contribution is -2.73. The van der Waals surface area contributed by atoms with Crippen LogP contribution in [0.1, 0.15) is 59.9 Å². The van der Waals surface area contributed by atoms with Gasteiger partial charge in [-0.25, -0.2) is 4.79 Å². The highest BCUT2D eigenvalue weighted by Gasteiger charge is 2.52. The van der Waals surface area contributed by atoms with Gasteiger partial charge >= 0.3 is 18.4 Å². The number of hydrogen-bond donors (Lipinski definition) is 1. The third-order valence-corrected chi connectivity index (χ3v) is 9.24. The quantitative estimate of drug-likeness (QED) is 0.259. The molecule has 4 atom stereocenters. The zero-order valence-corrected chi connectivity index (χ0v) is 27.1. The standard InChI is InChI=1S/C34H40F6N4O5/c1-21-7-9-22(10-8-21)13-24-17-43(32(47)49-20-23-14-25(33(35,36)37)16-26(15-23)34(38,39)40)29-19-42(18-27-5-4-12-48-27)31(46)28(6-2-3-11-41)44(29)30(24)45/h7-10,14-16,24,27-29H,2-6,11-13,17-20,41H2,1H3/t24-,27?,28+,29-/m1/s1. The van der Waals surface area contributed by atoms with Gasteiger partial charge in [0.1, 0.15) is 18.8 Å². The Labute approximate surface area is 280 Å². The largest absolute Gasteiger partial charge is 0.444 e. The second kappa shape index (κ2) is 15.0. The Balaban J connectivity index is 1.46. The Hall–Kier alpha value is -3.85. The first-order valence-corrected chi connectivity index (χ1v) is 16.4. The van der Waals surface area contributed by atoms with Crippen molar-refractivity contribution in [3.63, 3.8) is 0 Å². The van der Waals surface area contributed by atoms with Gasteiger partial charge in [0.05, 0.1) is 29.7 Å². The highest BCUT2D eigenvalue weighted by molar-refractivity contribution is 5.91. The van der Waals surface area contributed by atoms with E-state index in [0.29, 0.717) is 38.1 Å². The number of ether oxygens (including phenoxy) is 2. The SMILES string of the molecule is Cc1ccc(C[C@@H]2CN(C(=O)OCc3cc(C(F)(F)F)cc(C(F)(F)F)c3)[C@H]3CN(CC4CCCO4)C(=O)[C@H](CCCCN)N3C2=O)cc1. The number of fused-ring (bicyclic) bond motifs is 1. The van der Waals surface area contributed by atoms with Gasteiger partial charge in [-0.2, -0.15) is 26.3 Å². The molecular formula is C34H40F6N4O5. The van der Waals surface area contributed by atoms with Crippen molar-refractivity contribution in [3.8, 4) is 0 Å². The Morgan fingerprint density at radius 3 is 2.20 bits per heavy atom. The van der Waals surface area contributed by atoms with Gasteiger partial charge in [-0.3, -0.25) is 14.5 Å². The lowest BCUT2D eigenvalue weighted by atomic mass is 9.90. The number of nitrogens with two attached hydrogens (primary N) is 1. The van der Waals surface area contributed by atoms with Gasteiger partial charge in [0.15, 0.2) is 0 Å². The molecule has 3 heterocycles. The molecule has 49 heavy (non-hydrogen) atoms. The zero-order valence-electron chi connectivity index (χ0n) is 27.1. The van der Waals surface area contributed by atoms with Gasteiger partial charge < -0.3 is 25.0 Å². The first kappa shape index (κ1) is 36.4. The topological polar surface area (TPSA) is 105 Å². The van der Waals surface area contributed by atoms with Crippen LogP contribution in [-0.2, 0) is 44.4 Å². The molecule has 2 aromatic carbocycles. The van der Waals surface area contributed by atoms with Crippen molar-refractivity contribution in [1.82, 2.24) is 14.7 Å². The summed E-state index contributed by atoms with van der Waals surface area (Å²) in [5.74, 6) is -1.42. The summed E-state index contributed by atoms with van der Waals surface area (Å²) in [5.41, 5.74) is 3.96. The van der Waals surface area contributed by atoms with Crippen molar-refractivity contribution < 1.29 is 50.2 Å². The molecule has 0 radical (unpaired) electrons. The maximum absolute atomic E-state index is 14.2. The third kappa shape index (κ3) is 8.66. The lowest BCUT2D eigenvalue weighted by Gasteiger charge is -2.54. The number of carbonyl (C=O) groups excluding carboxylic acids is 3. The highest BCUT2D eigenvalue weighted by Crippen LogP contribution is 2.37. The third-order valence-electron chi connectivity index (χ3n) is 9.24. The molecule has 0 aliphatic carbocycles. The summed E-state index contributed by atoms with van der Waals surface area (Å²) in [6.07, 6.45) is -9.20. The van der Waals surface area contributed by atoms with E-state index >= 15 is 0 Å². The van der Waals surface area contributed by atoms with Crippen molar-refractivity contribution in [2.24, 2.45) is 11.7 Å². The van der Waals surface area contributed by atoms with E-state index in [1.54, 1.807) is 4.90 Å². The first-order valence-electron chi connectivity index (χ1n) is 16.4. The molecule has 3 amide bonds. The molecular weight excluding hydrogens is 658 g/mol. The van der Waals surface area contributed by atoms with Crippen LogP contribution in [-0.4, -0.2) is 83.7 Å². The number of piperazine rings is 1.